The Balaban J connectivity index is 2.67. The molecular weight excluding hydrogens is 220 g/mol. The Morgan fingerprint density at radius 1 is 1.41 bits per heavy atom. The lowest BCUT2D eigenvalue weighted by molar-refractivity contribution is -0.0167. The number of rotatable bonds is 3. The van der Waals surface area contributed by atoms with E-state index in [9.17, 15) is 9.90 Å². The van der Waals surface area contributed by atoms with E-state index in [1.165, 1.54) is 0 Å². The van der Waals surface area contributed by atoms with E-state index >= 15 is 0 Å². The van der Waals surface area contributed by atoms with Crippen LogP contribution in [-0.4, -0.2) is 41.0 Å². The SMILES string of the molecule is CC(C)(C)C(CC1(O)CCNCC1)NC(=O)O. The molecule has 0 aromatic heterocycles. The van der Waals surface area contributed by atoms with E-state index in [1.807, 2.05) is 20.8 Å². The first-order valence-electron chi connectivity index (χ1n) is 6.15. The number of piperidine rings is 1. The van der Waals surface area contributed by atoms with E-state index in [4.69, 9.17) is 5.11 Å². The van der Waals surface area contributed by atoms with Crippen LogP contribution < -0.4 is 10.6 Å². The van der Waals surface area contributed by atoms with Crippen LogP contribution >= 0.6 is 0 Å². The summed E-state index contributed by atoms with van der Waals surface area (Å²) in [6.07, 6.45) is 0.814. The minimum Gasteiger partial charge on any atom is -0.465 e. The minimum atomic E-state index is -1.03. The monoisotopic (exact) mass is 244 g/mol. The molecular formula is C12H24N2O3. The molecule has 17 heavy (non-hydrogen) atoms. The summed E-state index contributed by atoms with van der Waals surface area (Å²) in [5.74, 6) is 0. The highest BCUT2D eigenvalue weighted by Crippen LogP contribution is 2.31. The fraction of sp³-hybridized carbons (Fsp3) is 0.917. The van der Waals surface area contributed by atoms with Gasteiger partial charge in [-0.2, -0.15) is 0 Å². The highest BCUT2D eigenvalue weighted by Gasteiger charge is 2.37. The van der Waals surface area contributed by atoms with E-state index < -0.39 is 11.7 Å². The summed E-state index contributed by atoms with van der Waals surface area (Å²) in [5, 5.41) is 25.0. The van der Waals surface area contributed by atoms with Gasteiger partial charge in [-0.3, -0.25) is 0 Å². The maximum Gasteiger partial charge on any atom is 0.404 e. The summed E-state index contributed by atoms with van der Waals surface area (Å²) >= 11 is 0. The molecule has 1 amide bonds. The zero-order valence-corrected chi connectivity index (χ0v) is 10.9. The lowest BCUT2D eigenvalue weighted by Gasteiger charge is -2.40. The molecule has 1 heterocycles. The second kappa shape index (κ2) is 5.23. The van der Waals surface area contributed by atoms with Gasteiger partial charge < -0.3 is 20.8 Å². The highest BCUT2D eigenvalue weighted by molar-refractivity contribution is 5.65. The van der Waals surface area contributed by atoms with Gasteiger partial charge in [0, 0.05) is 6.04 Å². The molecule has 5 heteroatoms. The maximum atomic E-state index is 10.8. The third-order valence-electron chi connectivity index (χ3n) is 3.46. The third-order valence-corrected chi connectivity index (χ3v) is 3.46. The van der Waals surface area contributed by atoms with E-state index in [1.54, 1.807) is 0 Å². The molecule has 0 bridgehead atoms. The molecule has 1 aliphatic rings. The van der Waals surface area contributed by atoms with Gasteiger partial charge in [-0.25, -0.2) is 4.79 Å². The molecule has 0 aromatic rings. The van der Waals surface area contributed by atoms with Gasteiger partial charge in [-0.05, 0) is 37.8 Å². The van der Waals surface area contributed by atoms with Gasteiger partial charge in [0.05, 0.1) is 5.60 Å². The van der Waals surface area contributed by atoms with E-state index in [0.29, 0.717) is 19.3 Å². The number of carbonyl (C=O) groups is 1. The standard InChI is InChI=1S/C12H24N2O3/c1-11(2,3)9(14-10(15)16)8-12(17)4-6-13-7-5-12/h9,13-14,17H,4-8H2,1-3H3,(H,15,16). The Bertz CT molecular complexity index is 267. The second-order valence-electron chi connectivity index (χ2n) is 6.05. The fourth-order valence-corrected chi connectivity index (χ4v) is 2.20. The summed E-state index contributed by atoms with van der Waals surface area (Å²) in [6, 6.07) is -0.233. The molecule has 1 rings (SSSR count). The van der Waals surface area contributed by atoms with Gasteiger partial charge in [0.15, 0.2) is 0 Å². The van der Waals surface area contributed by atoms with Crippen molar-refractivity contribution >= 4 is 6.09 Å². The molecule has 0 aliphatic carbocycles. The molecule has 1 aliphatic heterocycles. The first-order chi connectivity index (χ1) is 7.73. The van der Waals surface area contributed by atoms with Crippen LogP contribution in [0.5, 0.6) is 0 Å². The van der Waals surface area contributed by atoms with Crippen LogP contribution in [0.4, 0.5) is 4.79 Å². The zero-order chi connectivity index (χ0) is 13.1. The maximum absolute atomic E-state index is 10.8. The van der Waals surface area contributed by atoms with Crippen LogP contribution in [0.2, 0.25) is 0 Å². The van der Waals surface area contributed by atoms with Gasteiger partial charge in [-0.15, -0.1) is 0 Å². The molecule has 0 radical (unpaired) electrons. The summed E-state index contributed by atoms with van der Waals surface area (Å²) in [5.41, 5.74) is -0.940. The van der Waals surface area contributed by atoms with E-state index in [2.05, 4.69) is 10.6 Å². The van der Waals surface area contributed by atoms with Gasteiger partial charge in [0.1, 0.15) is 0 Å². The van der Waals surface area contributed by atoms with Crippen LogP contribution in [0.1, 0.15) is 40.0 Å². The number of carboxylic acid groups (broad SMARTS) is 1. The van der Waals surface area contributed by atoms with Gasteiger partial charge in [0.2, 0.25) is 0 Å². The number of hydrogen-bond donors (Lipinski definition) is 4. The van der Waals surface area contributed by atoms with E-state index in [-0.39, 0.29) is 11.5 Å². The normalized spacial score (nSPS) is 21.9. The van der Waals surface area contributed by atoms with Crippen LogP contribution in [0.25, 0.3) is 0 Å². The number of aliphatic hydroxyl groups is 1. The zero-order valence-electron chi connectivity index (χ0n) is 10.9. The predicted octanol–water partition coefficient (Wildman–Crippen LogP) is 1.17. The van der Waals surface area contributed by atoms with Crippen LogP contribution in [0, 0.1) is 5.41 Å². The van der Waals surface area contributed by atoms with E-state index in [0.717, 1.165) is 13.1 Å². The summed E-state index contributed by atoms with van der Waals surface area (Å²) in [7, 11) is 0. The lowest BCUT2D eigenvalue weighted by atomic mass is 9.77. The molecule has 0 aromatic carbocycles. The Hall–Kier alpha value is -0.810. The van der Waals surface area contributed by atoms with Crippen LogP contribution in [0.3, 0.4) is 0 Å². The summed E-state index contributed by atoms with van der Waals surface area (Å²) in [6.45, 7) is 7.54. The molecule has 1 fully saturated rings. The Kier molecular flexibility index (Phi) is 4.38. The minimum absolute atomic E-state index is 0.195. The highest BCUT2D eigenvalue weighted by atomic mass is 16.4. The fourth-order valence-electron chi connectivity index (χ4n) is 2.20. The molecule has 5 nitrogen and oxygen atoms in total. The summed E-state index contributed by atoms with van der Waals surface area (Å²) < 4.78 is 0. The predicted molar refractivity (Wildman–Crippen MR) is 66.1 cm³/mol. The molecule has 100 valence electrons. The Morgan fingerprint density at radius 3 is 2.35 bits per heavy atom. The van der Waals surface area contributed by atoms with Crippen molar-refractivity contribution in [2.45, 2.75) is 51.7 Å². The Labute approximate surface area is 103 Å². The lowest BCUT2D eigenvalue weighted by Crippen LogP contribution is -2.51. The Morgan fingerprint density at radius 2 is 1.94 bits per heavy atom. The van der Waals surface area contributed by atoms with Crippen molar-refractivity contribution in [3.8, 4) is 0 Å². The number of amides is 1. The summed E-state index contributed by atoms with van der Waals surface area (Å²) in [4.78, 5) is 10.8. The van der Waals surface area contributed by atoms with Crippen LogP contribution in [0.15, 0.2) is 0 Å². The molecule has 4 N–H and O–H groups in total. The van der Waals surface area contributed by atoms with Crippen molar-refractivity contribution in [3.05, 3.63) is 0 Å². The van der Waals surface area contributed by atoms with Gasteiger partial charge in [0.25, 0.3) is 0 Å². The van der Waals surface area contributed by atoms with Gasteiger partial charge >= 0.3 is 6.09 Å². The largest absolute Gasteiger partial charge is 0.465 e. The second-order valence-corrected chi connectivity index (χ2v) is 6.05. The molecule has 0 spiro atoms. The molecule has 1 unspecified atom stereocenters. The van der Waals surface area contributed by atoms with Crippen molar-refractivity contribution < 1.29 is 15.0 Å². The molecule has 1 atom stereocenters. The first kappa shape index (κ1) is 14.3. The van der Waals surface area contributed by atoms with Gasteiger partial charge in [-0.1, -0.05) is 20.8 Å². The van der Waals surface area contributed by atoms with Crippen molar-refractivity contribution in [2.75, 3.05) is 13.1 Å². The smallest absolute Gasteiger partial charge is 0.404 e. The number of nitrogens with one attached hydrogen (secondary N) is 2. The average molecular weight is 244 g/mol. The van der Waals surface area contributed by atoms with Crippen molar-refractivity contribution in [1.82, 2.24) is 10.6 Å². The third kappa shape index (κ3) is 4.52. The van der Waals surface area contributed by atoms with Crippen LogP contribution in [-0.2, 0) is 0 Å². The number of hydrogen-bond acceptors (Lipinski definition) is 3. The first-order valence-corrected chi connectivity index (χ1v) is 6.15. The molecule has 1 saturated heterocycles. The van der Waals surface area contributed by atoms with Crippen molar-refractivity contribution in [2.24, 2.45) is 5.41 Å². The quantitative estimate of drug-likeness (QED) is 0.601. The topological polar surface area (TPSA) is 81.6 Å². The van der Waals surface area contributed by atoms with Crippen molar-refractivity contribution in [1.29, 1.82) is 0 Å². The molecule has 0 saturated carbocycles. The van der Waals surface area contributed by atoms with Crippen molar-refractivity contribution in [3.63, 3.8) is 0 Å². The average Bonchev–Trinajstić information content (AvgIpc) is 2.15.